The van der Waals surface area contributed by atoms with E-state index >= 15 is 0 Å². The summed E-state index contributed by atoms with van der Waals surface area (Å²) in [6.07, 6.45) is 0.733. The van der Waals surface area contributed by atoms with Gasteiger partial charge in [-0.05, 0) is 63.1 Å². The SMILES string of the molecule is CC(C)Oc1ccc(NC(N)=NCc2ccc(CN3CC(C)OC(C)C3)cc2)cc1.I. The second-order valence-corrected chi connectivity index (χ2v) is 8.29. The van der Waals surface area contributed by atoms with Gasteiger partial charge in [-0.15, -0.1) is 24.0 Å². The van der Waals surface area contributed by atoms with E-state index in [9.17, 15) is 0 Å². The molecule has 0 radical (unpaired) electrons. The molecule has 0 aromatic heterocycles. The molecule has 1 aliphatic rings. The fraction of sp³-hybridized carbons (Fsp3) is 0.458. The Kier molecular flexibility index (Phi) is 10.1. The first-order valence-electron chi connectivity index (χ1n) is 10.7. The molecule has 2 unspecified atom stereocenters. The molecule has 1 fully saturated rings. The van der Waals surface area contributed by atoms with Gasteiger partial charge in [-0.2, -0.15) is 0 Å². The van der Waals surface area contributed by atoms with Crippen LogP contribution in [0.3, 0.4) is 0 Å². The average molecular weight is 538 g/mol. The Balaban J connectivity index is 0.00000341. The number of nitrogens with one attached hydrogen (secondary N) is 1. The predicted octanol–water partition coefficient (Wildman–Crippen LogP) is 4.63. The molecule has 0 saturated carbocycles. The van der Waals surface area contributed by atoms with Crippen molar-refractivity contribution in [2.45, 2.75) is 59.1 Å². The lowest BCUT2D eigenvalue weighted by Crippen LogP contribution is -2.44. The monoisotopic (exact) mass is 538 g/mol. The largest absolute Gasteiger partial charge is 0.491 e. The second kappa shape index (κ2) is 12.3. The van der Waals surface area contributed by atoms with Gasteiger partial charge in [0.15, 0.2) is 5.96 Å². The first-order chi connectivity index (χ1) is 14.4. The third kappa shape index (κ3) is 8.66. The van der Waals surface area contributed by atoms with Gasteiger partial charge in [-0.25, -0.2) is 4.99 Å². The minimum Gasteiger partial charge on any atom is -0.491 e. The normalized spacial score (nSPS) is 19.7. The molecular formula is C24H35IN4O2. The summed E-state index contributed by atoms with van der Waals surface area (Å²) in [6, 6.07) is 16.3. The summed E-state index contributed by atoms with van der Waals surface area (Å²) in [5, 5.41) is 3.12. The standard InChI is InChI=1S/C24H34N4O2.HI/c1-17(2)29-23-11-9-22(10-12-23)27-24(25)26-13-20-5-7-21(8-6-20)16-28-14-18(3)30-19(4)15-28;/h5-12,17-19H,13-16H2,1-4H3,(H3,25,26,27);1H. The topological polar surface area (TPSA) is 72.1 Å². The van der Waals surface area contributed by atoms with E-state index in [4.69, 9.17) is 15.2 Å². The second-order valence-electron chi connectivity index (χ2n) is 8.29. The molecule has 7 heteroatoms. The smallest absolute Gasteiger partial charge is 0.193 e. The van der Waals surface area contributed by atoms with Crippen molar-refractivity contribution in [1.82, 2.24) is 4.90 Å². The van der Waals surface area contributed by atoms with E-state index in [2.05, 4.69) is 53.3 Å². The van der Waals surface area contributed by atoms with Crippen molar-refractivity contribution in [3.05, 3.63) is 59.7 Å². The number of halogens is 1. The zero-order valence-electron chi connectivity index (χ0n) is 18.9. The third-order valence-electron chi connectivity index (χ3n) is 4.85. The first-order valence-corrected chi connectivity index (χ1v) is 10.7. The zero-order valence-corrected chi connectivity index (χ0v) is 21.2. The van der Waals surface area contributed by atoms with Gasteiger partial charge in [-0.1, -0.05) is 24.3 Å². The molecule has 3 N–H and O–H groups in total. The average Bonchev–Trinajstić information content (AvgIpc) is 2.68. The van der Waals surface area contributed by atoms with Crippen LogP contribution in [0.4, 0.5) is 5.69 Å². The molecule has 0 spiro atoms. The Hall–Kier alpha value is -1.84. The highest BCUT2D eigenvalue weighted by Gasteiger charge is 2.21. The van der Waals surface area contributed by atoms with E-state index in [1.54, 1.807) is 0 Å². The van der Waals surface area contributed by atoms with E-state index in [-0.39, 0.29) is 42.3 Å². The van der Waals surface area contributed by atoms with Gasteiger partial charge in [0.05, 0.1) is 24.9 Å². The molecular weight excluding hydrogens is 503 g/mol. The van der Waals surface area contributed by atoms with Gasteiger partial charge >= 0.3 is 0 Å². The quantitative estimate of drug-likeness (QED) is 0.306. The molecule has 170 valence electrons. The Morgan fingerprint density at radius 3 is 2.23 bits per heavy atom. The lowest BCUT2D eigenvalue weighted by Gasteiger charge is -2.35. The summed E-state index contributed by atoms with van der Waals surface area (Å²) < 4.78 is 11.5. The van der Waals surface area contributed by atoms with Crippen molar-refractivity contribution in [2.24, 2.45) is 10.7 Å². The summed E-state index contributed by atoms with van der Waals surface area (Å²) in [7, 11) is 0. The molecule has 31 heavy (non-hydrogen) atoms. The van der Waals surface area contributed by atoms with Crippen LogP contribution in [-0.4, -0.2) is 42.3 Å². The molecule has 1 aliphatic heterocycles. The van der Waals surface area contributed by atoms with Crippen molar-refractivity contribution in [3.63, 3.8) is 0 Å². The van der Waals surface area contributed by atoms with Crippen molar-refractivity contribution < 1.29 is 9.47 Å². The van der Waals surface area contributed by atoms with Crippen LogP contribution in [0, 0.1) is 0 Å². The number of hydrogen-bond donors (Lipinski definition) is 2. The van der Waals surface area contributed by atoms with Gasteiger partial charge < -0.3 is 20.5 Å². The van der Waals surface area contributed by atoms with Gasteiger partial charge in [-0.3, -0.25) is 4.90 Å². The van der Waals surface area contributed by atoms with E-state index in [1.165, 1.54) is 5.56 Å². The molecule has 0 amide bonds. The highest BCUT2D eigenvalue weighted by atomic mass is 127. The summed E-state index contributed by atoms with van der Waals surface area (Å²) in [6.45, 7) is 11.7. The number of benzene rings is 2. The van der Waals surface area contributed by atoms with Crippen LogP contribution in [0.2, 0.25) is 0 Å². The number of ether oxygens (including phenoxy) is 2. The lowest BCUT2D eigenvalue weighted by molar-refractivity contribution is -0.0704. The van der Waals surface area contributed by atoms with Crippen LogP contribution in [-0.2, 0) is 17.8 Å². The Morgan fingerprint density at radius 2 is 1.65 bits per heavy atom. The van der Waals surface area contributed by atoms with Crippen molar-refractivity contribution in [1.29, 1.82) is 0 Å². The molecule has 2 aromatic carbocycles. The van der Waals surface area contributed by atoms with E-state index in [1.807, 2.05) is 38.1 Å². The molecule has 1 heterocycles. The van der Waals surface area contributed by atoms with E-state index < -0.39 is 0 Å². The van der Waals surface area contributed by atoms with Crippen LogP contribution < -0.4 is 15.8 Å². The van der Waals surface area contributed by atoms with E-state index in [0.29, 0.717) is 12.5 Å². The molecule has 1 saturated heterocycles. The summed E-state index contributed by atoms with van der Waals surface area (Å²) in [5.41, 5.74) is 9.36. The number of anilines is 1. The number of hydrogen-bond acceptors (Lipinski definition) is 4. The molecule has 6 nitrogen and oxygen atoms in total. The highest BCUT2D eigenvalue weighted by Crippen LogP contribution is 2.17. The summed E-state index contributed by atoms with van der Waals surface area (Å²) >= 11 is 0. The van der Waals surface area contributed by atoms with E-state index in [0.717, 1.165) is 36.6 Å². The van der Waals surface area contributed by atoms with Crippen LogP contribution in [0.25, 0.3) is 0 Å². The van der Waals surface area contributed by atoms with Gasteiger partial charge in [0.2, 0.25) is 0 Å². The van der Waals surface area contributed by atoms with Gasteiger partial charge in [0.25, 0.3) is 0 Å². The maximum Gasteiger partial charge on any atom is 0.193 e. The maximum absolute atomic E-state index is 6.04. The fourth-order valence-corrected chi connectivity index (χ4v) is 3.67. The Labute approximate surface area is 203 Å². The number of morpholine rings is 1. The number of rotatable bonds is 7. The molecule has 2 atom stereocenters. The summed E-state index contributed by atoms with van der Waals surface area (Å²) in [4.78, 5) is 6.90. The lowest BCUT2D eigenvalue weighted by atomic mass is 10.1. The van der Waals surface area contributed by atoms with Crippen molar-refractivity contribution in [3.8, 4) is 5.75 Å². The molecule has 3 rings (SSSR count). The van der Waals surface area contributed by atoms with Crippen molar-refractivity contribution in [2.75, 3.05) is 18.4 Å². The first kappa shape index (κ1) is 25.4. The zero-order chi connectivity index (χ0) is 21.5. The highest BCUT2D eigenvalue weighted by molar-refractivity contribution is 14.0. The molecule has 0 aliphatic carbocycles. The number of guanidine groups is 1. The molecule has 2 aromatic rings. The third-order valence-corrected chi connectivity index (χ3v) is 4.85. The number of nitrogens with two attached hydrogens (primary N) is 1. The summed E-state index contributed by atoms with van der Waals surface area (Å²) in [5.74, 6) is 1.24. The number of nitrogens with zero attached hydrogens (tertiary/aromatic N) is 2. The molecule has 0 bridgehead atoms. The van der Waals surface area contributed by atoms with Crippen molar-refractivity contribution >= 4 is 35.6 Å². The predicted molar refractivity (Wildman–Crippen MR) is 138 cm³/mol. The minimum atomic E-state index is 0. The van der Waals surface area contributed by atoms with Gasteiger partial charge in [0.1, 0.15) is 5.75 Å². The minimum absolute atomic E-state index is 0. The van der Waals surface area contributed by atoms with Crippen LogP contribution in [0.15, 0.2) is 53.5 Å². The van der Waals surface area contributed by atoms with Crippen LogP contribution >= 0.6 is 24.0 Å². The van der Waals surface area contributed by atoms with Crippen LogP contribution in [0.1, 0.15) is 38.8 Å². The Morgan fingerprint density at radius 1 is 1.06 bits per heavy atom. The number of aliphatic imine (C=N–C) groups is 1. The van der Waals surface area contributed by atoms with Crippen LogP contribution in [0.5, 0.6) is 5.75 Å². The fourth-order valence-electron chi connectivity index (χ4n) is 3.67. The van der Waals surface area contributed by atoms with Gasteiger partial charge in [0, 0.05) is 25.3 Å². The Bertz CT molecular complexity index is 814. The maximum atomic E-state index is 6.04.